The van der Waals surface area contributed by atoms with E-state index in [1.54, 1.807) is 0 Å². The van der Waals surface area contributed by atoms with Gasteiger partial charge in [-0.25, -0.2) is 9.78 Å². The van der Waals surface area contributed by atoms with Crippen LogP contribution in [0.1, 0.15) is 101 Å². The molecule has 3 nitrogen and oxygen atoms in total. The lowest BCUT2D eigenvalue weighted by Crippen LogP contribution is -2.27. The Hall–Kier alpha value is 0.150. The summed E-state index contributed by atoms with van der Waals surface area (Å²) in [5.41, 5.74) is -0.430. The van der Waals surface area contributed by atoms with Crippen LogP contribution in [0.2, 0.25) is 0 Å². The van der Waals surface area contributed by atoms with E-state index in [1.165, 1.54) is 19.3 Å². The van der Waals surface area contributed by atoms with Crippen molar-refractivity contribution in [3.63, 3.8) is 0 Å². The minimum Gasteiger partial charge on any atom is -0.324 e. The molecule has 0 aromatic heterocycles. The molecule has 0 N–H and O–H groups in total. The zero-order valence-corrected chi connectivity index (χ0v) is 18.9. The standard InChI is InChI=1S/C12H27OP.C8H18O2/c1-4-7-10-14(13,11-8-5-2)12-9-6-3;1-7(2,3)9-10-8(4,5)6/h4-12H2,1-3H3;1-6H3. The smallest absolute Gasteiger partial charge is 0.0952 e. The molecule has 0 saturated carbocycles. The number of rotatable bonds is 10. The van der Waals surface area contributed by atoms with E-state index < -0.39 is 7.14 Å². The molecule has 148 valence electrons. The number of hydrogen-bond acceptors (Lipinski definition) is 3. The van der Waals surface area contributed by atoms with Crippen LogP contribution in [0.5, 0.6) is 0 Å². The minimum atomic E-state index is -1.77. The second-order valence-electron chi connectivity index (χ2n) is 8.68. The highest BCUT2D eigenvalue weighted by molar-refractivity contribution is 7.63. The van der Waals surface area contributed by atoms with Gasteiger partial charge in [-0.1, -0.05) is 40.0 Å². The molecule has 0 aromatic rings. The fraction of sp³-hybridized carbons (Fsp3) is 1.00. The molecule has 0 heterocycles. The highest BCUT2D eigenvalue weighted by Gasteiger charge is 2.19. The molecule has 0 aliphatic rings. The second kappa shape index (κ2) is 13.4. The average Bonchev–Trinajstić information content (AvgIpc) is 2.47. The van der Waals surface area contributed by atoms with Crippen LogP contribution >= 0.6 is 7.14 Å². The molecule has 24 heavy (non-hydrogen) atoms. The third-order valence-corrected chi connectivity index (χ3v) is 6.69. The van der Waals surface area contributed by atoms with Crippen LogP contribution in [0, 0.1) is 0 Å². The van der Waals surface area contributed by atoms with Crippen molar-refractivity contribution in [1.29, 1.82) is 0 Å². The summed E-state index contributed by atoms with van der Waals surface area (Å²) in [5.74, 6) is 0. The van der Waals surface area contributed by atoms with E-state index in [0.717, 1.165) is 37.7 Å². The van der Waals surface area contributed by atoms with Gasteiger partial charge >= 0.3 is 0 Å². The molecule has 0 amide bonds. The molecular weight excluding hydrogens is 319 g/mol. The fourth-order valence-corrected chi connectivity index (χ4v) is 5.27. The van der Waals surface area contributed by atoms with Crippen molar-refractivity contribution in [2.45, 2.75) is 112 Å². The molecule has 0 radical (unpaired) electrons. The van der Waals surface area contributed by atoms with Crippen LogP contribution in [-0.4, -0.2) is 29.7 Å². The molecule has 0 fully saturated rings. The van der Waals surface area contributed by atoms with Crippen molar-refractivity contribution >= 4 is 7.14 Å². The Morgan fingerprint density at radius 2 is 0.875 bits per heavy atom. The Morgan fingerprint density at radius 3 is 1.04 bits per heavy atom. The fourth-order valence-electron chi connectivity index (χ4n) is 1.92. The Kier molecular flexibility index (Phi) is 14.7. The van der Waals surface area contributed by atoms with Gasteiger partial charge in [-0.2, -0.15) is 0 Å². The van der Waals surface area contributed by atoms with Crippen molar-refractivity contribution in [3.8, 4) is 0 Å². The van der Waals surface area contributed by atoms with Crippen molar-refractivity contribution < 1.29 is 14.3 Å². The molecule has 0 aliphatic carbocycles. The molecule has 0 spiro atoms. The van der Waals surface area contributed by atoms with E-state index in [1.807, 2.05) is 41.5 Å². The second-order valence-corrected chi connectivity index (χ2v) is 12.1. The summed E-state index contributed by atoms with van der Waals surface area (Å²) in [5, 5.41) is 0. The van der Waals surface area contributed by atoms with Crippen molar-refractivity contribution in [3.05, 3.63) is 0 Å². The third kappa shape index (κ3) is 20.2. The van der Waals surface area contributed by atoms with Crippen LogP contribution in [0.4, 0.5) is 0 Å². The maximum Gasteiger partial charge on any atom is 0.0952 e. The highest BCUT2D eigenvalue weighted by atomic mass is 31.2. The lowest BCUT2D eigenvalue weighted by molar-refractivity contribution is -0.393. The zero-order valence-electron chi connectivity index (χ0n) is 18.0. The summed E-state index contributed by atoms with van der Waals surface area (Å²) in [6.07, 6.45) is 10.0. The predicted octanol–water partition coefficient (Wildman–Crippen LogP) is 7.28. The zero-order chi connectivity index (χ0) is 19.3. The van der Waals surface area contributed by atoms with Gasteiger partial charge in [0.05, 0.1) is 18.3 Å². The van der Waals surface area contributed by atoms with Gasteiger partial charge in [0.15, 0.2) is 0 Å². The summed E-state index contributed by atoms with van der Waals surface area (Å²) in [6.45, 7) is 18.3. The lowest BCUT2D eigenvalue weighted by Gasteiger charge is -2.24. The highest BCUT2D eigenvalue weighted by Crippen LogP contribution is 2.48. The topological polar surface area (TPSA) is 35.5 Å². The van der Waals surface area contributed by atoms with Gasteiger partial charge in [0.1, 0.15) is 0 Å². The Morgan fingerprint density at radius 1 is 0.625 bits per heavy atom. The summed E-state index contributed by atoms with van der Waals surface area (Å²) in [6, 6.07) is 0. The van der Waals surface area contributed by atoms with Crippen molar-refractivity contribution in [2.24, 2.45) is 0 Å². The molecule has 4 heteroatoms. The SMILES string of the molecule is CC(C)(C)OOC(C)(C)C.CCCCP(=O)(CCCC)CCCC. The van der Waals surface area contributed by atoms with Gasteiger partial charge in [-0.3, -0.25) is 0 Å². The molecule has 0 bridgehead atoms. The summed E-state index contributed by atoms with van der Waals surface area (Å²) >= 11 is 0. The molecule has 0 aromatic carbocycles. The van der Waals surface area contributed by atoms with E-state index in [4.69, 9.17) is 9.78 Å². The molecule has 0 aliphatic heterocycles. The van der Waals surface area contributed by atoms with Gasteiger partial charge < -0.3 is 4.57 Å². The van der Waals surface area contributed by atoms with Gasteiger partial charge in [-0.15, -0.1) is 0 Å². The van der Waals surface area contributed by atoms with Gasteiger partial charge in [0.25, 0.3) is 0 Å². The van der Waals surface area contributed by atoms with E-state index in [9.17, 15) is 4.57 Å². The third-order valence-electron chi connectivity index (χ3n) is 3.30. The number of hydrogen-bond donors (Lipinski definition) is 0. The van der Waals surface area contributed by atoms with E-state index in [0.29, 0.717) is 0 Å². The first-order valence-corrected chi connectivity index (χ1v) is 12.1. The Labute approximate surface area is 152 Å². The maximum atomic E-state index is 12.5. The van der Waals surface area contributed by atoms with E-state index in [-0.39, 0.29) is 11.2 Å². The molecule has 0 rings (SSSR count). The van der Waals surface area contributed by atoms with Gasteiger partial charge in [0.2, 0.25) is 0 Å². The van der Waals surface area contributed by atoms with E-state index >= 15 is 0 Å². The maximum absolute atomic E-state index is 12.5. The van der Waals surface area contributed by atoms with Crippen LogP contribution in [0.15, 0.2) is 0 Å². The quantitative estimate of drug-likeness (QED) is 0.232. The van der Waals surface area contributed by atoms with Gasteiger partial charge in [0, 0.05) is 18.5 Å². The van der Waals surface area contributed by atoms with Crippen molar-refractivity contribution in [2.75, 3.05) is 18.5 Å². The monoisotopic (exact) mass is 364 g/mol. The largest absolute Gasteiger partial charge is 0.324 e. The first kappa shape index (κ1) is 26.4. The van der Waals surface area contributed by atoms with Crippen molar-refractivity contribution in [1.82, 2.24) is 0 Å². The molecule has 0 unspecified atom stereocenters. The summed E-state index contributed by atoms with van der Waals surface area (Å²) < 4.78 is 12.5. The Balaban J connectivity index is 0. The van der Waals surface area contributed by atoms with Gasteiger partial charge in [-0.05, 0) is 60.8 Å². The van der Waals surface area contributed by atoms with Crippen LogP contribution in [0.3, 0.4) is 0 Å². The van der Waals surface area contributed by atoms with Crippen LogP contribution < -0.4 is 0 Å². The summed E-state index contributed by atoms with van der Waals surface area (Å²) in [4.78, 5) is 10.2. The first-order chi connectivity index (χ1) is 10.9. The molecule has 0 saturated heterocycles. The lowest BCUT2D eigenvalue weighted by atomic mass is 10.2. The number of unbranched alkanes of at least 4 members (excludes halogenated alkanes) is 3. The average molecular weight is 365 g/mol. The minimum absolute atomic E-state index is 0.215. The predicted molar refractivity (Wildman–Crippen MR) is 109 cm³/mol. The summed E-state index contributed by atoms with van der Waals surface area (Å²) in [7, 11) is -1.77. The van der Waals surface area contributed by atoms with Crippen LogP contribution in [0.25, 0.3) is 0 Å². The Bertz CT molecular complexity index is 284. The van der Waals surface area contributed by atoms with E-state index in [2.05, 4.69) is 20.8 Å². The van der Waals surface area contributed by atoms with Crippen LogP contribution in [-0.2, 0) is 14.3 Å². The molecule has 0 atom stereocenters. The first-order valence-electron chi connectivity index (χ1n) is 9.83. The normalized spacial score (nSPS) is 12.7. The molecular formula is C20H45O3P.